The van der Waals surface area contributed by atoms with E-state index in [2.05, 4.69) is 10.6 Å². The average molecular weight is 258 g/mol. The fraction of sp³-hybridized carbons (Fsp3) is 0.400. The number of aliphatic hydroxyl groups is 1. The van der Waals surface area contributed by atoms with Gasteiger partial charge in [0.2, 0.25) is 0 Å². The van der Waals surface area contributed by atoms with Gasteiger partial charge in [0.15, 0.2) is 6.10 Å². The Bertz CT molecular complexity index is 380. The van der Waals surface area contributed by atoms with Crippen molar-refractivity contribution in [3.05, 3.63) is 22.4 Å². The summed E-state index contributed by atoms with van der Waals surface area (Å²) in [5.74, 6) is -1.36. The van der Waals surface area contributed by atoms with Gasteiger partial charge in [0, 0.05) is 0 Å². The molecule has 1 aromatic heterocycles. The first kappa shape index (κ1) is 13.5. The lowest BCUT2D eigenvalue weighted by atomic mass is 10.2. The fourth-order valence-electron chi connectivity index (χ4n) is 1.13. The summed E-state index contributed by atoms with van der Waals surface area (Å²) in [4.78, 5) is 21.7. The number of rotatable bonds is 5. The summed E-state index contributed by atoms with van der Waals surface area (Å²) in [5, 5.41) is 26.1. The van der Waals surface area contributed by atoms with Gasteiger partial charge in [-0.05, 0) is 29.3 Å². The van der Waals surface area contributed by atoms with Crippen LogP contribution < -0.4 is 10.6 Å². The molecule has 4 N–H and O–H groups in total. The number of nitrogens with one attached hydrogen (secondary N) is 2. The lowest BCUT2D eigenvalue weighted by molar-refractivity contribution is -0.146. The minimum atomic E-state index is -1.59. The predicted molar refractivity (Wildman–Crippen MR) is 62.9 cm³/mol. The van der Waals surface area contributed by atoms with Gasteiger partial charge in [0.05, 0.1) is 12.6 Å². The number of hydrogen-bond donors (Lipinski definition) is 4. The third kappa shape index (κ3) is 4.41. The molecule has 1 heterocycles. The topological polar surface area (TPSA) is 98.7 Å². The Morgan fingerprint density at radius 3 is 2.76 bits per heavy atom. The molecule has 0 fully saturated rings. The van der Waals surface area contributed by atoms with E-state index in [0.717, 1.165) is 5.56 Å². The van der Waals surface area contributed by atoms with Crippen LogP contribution in [0.3, 0.4) is 0 Å². The number of carboxylic acids is 1. The molecule has 0 saturated carbocycles. The lowest BCUT2D eigenvalue weighted by Crippen LogP contribution is -2.42. The van der Waals surface area contributed by atoms with E-state index in [-0.39, 0.29) is 12.6 Å². The van der Waals surface area contributed by atoms with Crippen molar-refractivity contribution < 1.29 is 19.8 Å². The maximum Gasteiger partial charge on any atom is 0.334 e. The third-order valence-corrected chi connectivity index (χ3v) is 2.83. The van der Waals surface area contributed by atoms with Crippen molar-refractivity contribution in [2.45, 2.75) is 19.1 Å². The van der Waals surface area contributed by atoms with Crippen molar-refractivity contribution in [3.8, 4) is 0 Å². The highest BCUT2D eigenvalue weighted by molar-refractivity contribution is 7.07. The molecule has 94 valence electrons. The van der Waals surface area contributed by atoms with E-state index in [1.165, 1.54) is 11.3 Å². The largest absolute Gasteiger partial charge is 0.479 e. The van der Waals surface area contributed by atoms with Crippen molar-refractivity contribution in [1.82, 2.24) is 10.6 Å². The van der Waals surface area contributed by atoms with Crippen LogP contribution in [0, 0.1) is 0 Å². The van der Waals surface area contributed by atoms with Crippen LogP contribution in [0.5, 0.6) is 0 Å². The summed E-state index contributed by atoms with van der Waals surface area (Å²) in [6, 6.07) is 1.22. The maximum absolute atomic E-state index is 11.4. The van der Waals surface area contributed by atoms with Gasteiger partial charge in [-0.2, -0.15) is 11.3 Å². The van der Waals surface area contributed by atoms with Gasteiger partial charge >= 0.3 is 12.0 Å². The van der Waals surface area contributed by atoms with E-state index in [0.29, 0.717) is 0 Å². The van der Waals surface area contributed by atoms with E-state index >= 15 is 0 Å². The summed E-state index contributed by atoms with van der Waals surface area (Å²) in [6.07, 6.45) is -1.59. The maximum atomic E-state index is 11.4. The zero-order valence-electron chi connectivity index (χ0n) is 9.21. The van der Waals surface area contributed by atoms with E-state index < -0.39 is 18.1 Å². The second kappa shape index (κ2) is 6.21. The first-order chi connectivity index (χ1) is 8.00. The average Bonchev–Trinajstić information content (AvgIpc) is 2.78. The Labute approximate surface area is 102 Å². The van der Waals surface area contributed by atoms with Gasteiger partial charge in [-0.15, -0.1) is 0 Å². The van der Waals surface area contributed by atoms with Crippen molar-refractivity contribution in [1.29, 1.82) is 0 Å². The van der Waals surface area contributed by atoms with Crippen LogP contribution in [0.25, 0.3) is 0 Å². The molecule has 0 bridgehead atoms. The van der Waals surface area contributed by atoms with Gasteiger partial charge < -0.3 is 20.8 Å². The Hall–Kier alpha value is -1.60. The summed E-state index contributed by atoms with van der Waals surface area (Å²) in [5.41, 5.74) is 0.976. The Balaban J connectivity index is 2.32. The van der Waals surface area contributed by atoms with Gasteiger partial charge in [-0.1, -0.05) is 0 Å². The van der Waals surface area contributed by atoms with Crippen LogP contribution in [0.1, 0.15) is 18.5 Å². The third-order valence-electron chi connectivity index (χ3n) is 2.13. The minimum absolute atomic E-state index is 0.164. The lowest BCUT2D eigenvalue weighted by Gasteiger charge is -2.14. The summed E-state index contributed by atoms with van der Waals surface area (Å²) in [6.45, 7) is 1.49. The molecule has 2 atom stereocenters. The number of aliphatic hydroxyl groups excluding tert-OH is 1. The molecule has 2 unspecified atom stereocenters. The van der Waals surface area contributed by atoms with Crippen molar-refractivity contribution in [2.75, 3.05) is 6.54 Å². The van der Waals surface area contributed by atoms with Crippen LogP contribution >= 0.6 is 11.3 Å². The first-order valence-electron chi connectivity index (χ1n) is 4.98. The molecule has 0 aliphatic heterocycles. The standard InChI is InChI=1S/C10H14N2O4S/c1-6(7-2-3-17-5-7)12-10(16)11-4-8(13)9(14)15/h2-3,5-6,8,13H,4H2,1H3,(H,14,15)(H2,11,12,16). The molecule has 0 aromatic carbocycles. The van der Waals surface area contributed by atoms with E-state index in [1.807, 2.05) is 23.8 Å². The molecule has 1 rings (SSSR count). The highest BCUT2D eigenvalue weighted by atomic mass is 32.1. The number of aliphatic carboxylic acids is 1. The molecular formula is C10H14N2O4S. The summed E-state index contributed by atoms with van der Waals surface area (Å²) in [7, 11) is 0. The van der Waals surface area contributed by atoms with Gasteiger partial charge in [-0.25, -0.2) is 9.59 Å². The molecular weight excluding hydrogens is 244 g/mol. The zero-order chi connectivity index (χ0) is 12.8. The van der Waals surface area contributed by atoms with E-state index in [4.69, 9.17) is 10.2 Å². The SMILES string of the molecule is CC(NC(=O)NCC(O)C(=O)O)c1ccsc1. The Morgan fingerprint density at radius 2 is 2.24 bits per heavy atom. The first-order valence-corrected chi connectivity index (χ1v) is 5.92. The van der Waals surface area contributed by atoms with Crippen molar-refractivity contribution in [3.63, 3.8) is 0 Å². The quantitative estimate of drug-likeness (QED) is 0.620. The van der Waals surface area contributed by atoms with E-state index in [9.17, 15) is 9.59 Å². The Kier molecular flexibility index (Phi) is 4.92. The van der Waals surface area contributed by atoms with Crippen LogP contribution in [-0.4, -0.2) is 34.9 Å². The number of carboxylic acid groups (broad SMARTS) is 1. The molecule has 7 heteroatoms. The van der Waals surface area contributed by atoms with Gasteiger partial charge in [0.25, 0.3) is 0 Å². The fourth-order valence-corrected chi connectivity index (χ4v) is 1.88. The van der Waals surface area contributed by atoms with Crippen LogP contribution in [0.4, 0.5) is 4.79 Å². The zero-order valence-corrected chi connectivity index (χ0v) is 10.0. The van der Waals surface area contributed by atoms with Crippen LogP contribution in [0.2, 0.25) is 0 Å². The number of thiophene rings is 1. The molecule has 0 saturated heterocycles. The molecule has 0 spiro atoms. The Morgan fingerprint density at radius 1 is 1.53 bits per heavy atom. The van der Waals surface area contributed by atoms with Crippen LogP contribution in [-0.2, 0) is 4.79 Å². The monoisotopic (exact) mass is 258 g/mol. The molecule has 1 aromatic rings. The number of carbonyl (C=O) groups excluding carboxylic acids is 1. The van der Waals surface area contributed by atoms with Crippen molar-refractivity contribution >= 4 is 23.3 Å². The summed E-state index contributed by atoms with van der Waals surface area (Å²) < 4.78 is 0. The number of hydrogen-bond acceptors (Lipinski definition) is 4. The predicted octanol–water partition coefficient (Wildman–Crippen LogP) is 0.554. The highest BCUT2D eigenvalue weighted by Gasteiger charge is 2.15. The molecule has 0 radical (unpaired) electrons. The molecule has 6 nitrogen and oxygen atoms in total. The normalized spacial score (nSPS) is 13.8. The molecule has 2 amide bonds. The highest BCUT2D eigenvalue weighted by Crippen LogP contribution is 2.14. The van der Waals surface area contributed by atoms with Gasteiger partial charge in [-0.3, -0.25) is 0 Å². The summed E-state index contributed by atoms with van der Waals surface area (Å²) >= 11 is 1.53. The number of amides is 2. The second-order valence-electron chi connectivity index (χ2n) is 3.49. The van der Waals surface area contributed by atoms with Crippen LogP contribution in [0.15, 0.2) is 16.8 Å². The minimum Gasteiger partial charge on any atom is -0.479 e. The molecule has 0 aliphatic rings. The molecule has 17 heavy (non-hydrogen) atoms. The van der Waals surface area contributed by atoms with E-state index in [1.54, 1.807) is 0 Å². The molecule has 0 aliphatic carbocycles. The second-order valence-corrected chi connectivity index (χ2v) is 4.27. The van der Waals surface area contributed by atoms with Crippen molar-refractivity contribution in [2.24, 2.45) is 0 Å². The van der Waals surface area contributed by atoms with Gasteiger partial charge in [0.1, 0.15) is 0 Å². The number of carbonyl (C=O) groups is 2. The number of urea groups is 1. The smallest absolute Gasteiger partial charge is 0.334 e.